The van der Waals surface area contributed by atoms with E-state index in [4.69, 9.17) is 14.2 Å². The highest BCUT2D eigenvalue weighted by atomic mass is 19.2. The molecule has 1 saturated heterocycles. The summed E-state index contributed by atoms with van der Waals surface area (Å²) in [7, 11) is 1.39. The van der Waals surface area contributed by atoms with Crippen LogP contribution in [0.4, 0.5) is 13.2 Å². The van der Waals surface area contributed by atoms with Crippen molar-refractivity contribution in [3.05, 3.63) is 88.9 Å². The molecule has 0 spiro atoms. The number of nitrogens with one attached hydrogen (secondary N) is 1. The number of methoxy groups -OCH3 is 1. The largest absolute Gasteiger partial charge is 0.496 e. The van der Waals surface area contributed by atoms with Crippen LogP contribution in [0.15, 0.2) is 54.7 Å². The Hall–Kier alpha value is -4.11. The van der Waals surface area contributed by atoms with Crippen LogP contribution in [0.3, 0.4) is 0 Å². The number of hydrogen-bond acceptors (Lipinski definition) is 5. The lowest BCUT2D eigenvalue weighted by atomic mass is 9.84. The average Bonchev–Trinajstić information content (AvgIpc) is 2.98. The number of carbonyl (C=O) groups excluding carboxylic acids is 1. The van der Waals surface area contributed by atoms with Gasteiger partial charge in [0.15, 0.2) is 11.6 Å². The van der Waals surface area contributed by atoms with Crippen molar-refractivity contribution in [2.75, 3.05) is 26.9 Å². The minimum absolute atomic E-state index is 0.0442. The van der Waals surface area contributed by atoms with E-state index < -0.39 is 17.5 Å². The number of ether oxygens (including phenoxy) is 3. The van der Waals surface area contributed by atoms with Gasteiger partial charge in [-0.2, -0.15) is 0 Å². The number of rotatable bonds is 5. The molecule has 206 valence electrons. The summed E-state index contributed by atoms with van der Waals surface area (Å²) in [5.74, 6) is -2.84. The molecular weight excluding hydrogens is 521 g/mol. The molecule has 9 heteroatoms. The number of para-hydroxylation sites is 1. The minimum Gasteiger partial charge on any atom is -0.496 e. The molecule has 2 aliphatic rings. The molecule has 0 unspecified atom stereocenters. The highest BCUT2D eigenvalue weighted by molar-refractivity contribution is 6.05. The Morgan fingerprint density at radius 2 is 1.82 bits per heavy atom. The third-order valence-corrected chi connectivity index (χ3v) is 7.66. The topological polar surface area (TPSA) is 69.7 Å². The van der Waals surface area contributed by atoms with Crippen molar-refractivity contribution in [3.63, 3.8) is 0 Å². The van der Waals surface area contributed by atoms with Crippen LogP contribution in [0.1, 0.15) is 52.7 Å². The Morgan fingerprint density at radius 3 is 2.62 bits per heavy atom. The molecule has 0 aliphatic carbocycles. The van der Waals surface area contributed by atoms with E-state index in [1.807, 2.05) is 24.3 Å². The van der Waals surface area contributed by atoms with Gasteiger partial charge in [-0.15, -0.1) is 0 Å². The van der Waals surface area contributed by atoms with Crippen LogP contribution in [0.5, 0.6) is 11.5 Å². The van der Waals surface area contributed by atoms with E-state index in [0.717, 1.165) is 22.9 Å². The maximum absolute atomic E-state index is 15.0. The van der Waals surface area contributed by atoms with Crippen molar-refractivity contribution < 1.29 is 32.2 Å². The Morgan fingerprint density at radius 1 is 1.02 bits per heavy atom. The summed E-state index contributed by atoms with van der Waals surface area (Å²) in [6.45, 7) is 1.52. The number of nitrogens with zero attached hydrogens (tertiary/aromatic N) is 1. The number of halogens is 3. The molecule has 1 fully saturated rings. The van der Waals surface area contributed by atoms with Crippen molar-refractivity contribution >= 4 is 16.8 Å². The van der Waals surface area contributed by atoms with Crippen molar-refractivity contribution in [1.29, 1.82) is 0 Å². The predicted molar refractivity (Wildman–Crippen MR) is 143 cm³/mol. The molecule has 0 saturated carbocycles. The van der Waals surface area contributed by atoms with Gasteiger partial charge in [0.2, 0.25) is 0 Å². The Balaban J connectivity index is 1.51. The average molecular weight is 549 g/mol. The normalized spacial score (nSPS) is 17.2. The van der Waals surface area contributed by atoms with E-state index >= 15 is 4.39 Å². The summed E-state index contributed by atoms with van der Waals surface area (Å²) >= 11 is 0. The maximum Gasteiger partial charge on any atom is 0.253 e. The lowest BCUT2D eigenvalue weighted by molar-refractivity contribution is 0.0840. The molecule has 6 nitrogen and oxygen atoms in total. The summed E-state index contributed by atoms with van der Waals surface area (Å²) in [5.41, 5.74) is 2.14. The number of aromatic nitrogens is 1. The molecule has 0 bridgehead atoms. The number of amides is 1. The first-order chi connectivity index (χ1) is 19.5. The number of carbonyl (C=O) groups is 1. The smallest absolute Gasteiger partial charge is 0.253 e. The standard InChI is InChI=1S/C31H27F3N2O4/c1-38-26-7-6-20-27(17-8-11-39-12-9-17)22(31(37)36-24-10-13-40-25-5-3-2-4-19(24)25)16-35-30(20)28(26)21-14-18(32)15-23(33)29(21)34/h2-7,14-17,24H,8-13H2,1H3,(H,36,37)/t24-/m0/s1. The van der Waals surface area contributed by atoms with Crippen LogP contribution in [0, 0.1) is 17.5 Å². The second-order valence-corrected chi connectivity index (χ2v) is 9.96. The monoisotopic (exact) mass is 548 g/mol. The van der Waals surface area contributed by atoms with Crippen LogP contribution >= 0.6 is 0 Å². The van der Waals surface area contributed by atoms with Gasteiger partial charge < -0.3 is 19.5 Å². The minimum atomic E-state index is -1.31. The third-order valence-electron chi connectivity index (χ3n) is 7.66. The molecule has 2 aliphatic heterocycles. The van der Waals surface area contributed by atoms with Crippen molar-refractivity contribution in [2.45, 2.75) is 31.2 Å². The first kappa shape index (κ1) is 26.1. The third kappa shape index (κ3) is 4.64. The molecule has 1 atom stereocenters. The maximum atomic E-state index is 15.0. The molecule has 1 amide bonds. The van der Waals surface area contributed by atoms with E-state index in [1.165, 1.54) is 13.3 Å². The van der Waals surface area contributed by atoms with Gasteiger partial charge >= 0.3 is 0 Å². The second-order valence-electron chi connectivity index (χ2n) is 9.96. The Bertz CT molecular complexity index is 1600. The van der Waals surface area contributed by atoms with Crippen LogP contribution in [-0.4, -0.2) is 37.8 Å². The van der Waals surface area contributed by atoms with Crippen molar-refractivity contribution in [1.82, 2.24) is 10.3 Å². The lowest BCUT2D eigenvalue weighted by Gasteiger charge is -2.29. The molecule has 40 heavy (non-hydrogen) atoms. The summed E-state index contributed by atoms with van der Waals surface area (Å²) in [6, 6.07) is 12.2. The molecule has 0 radical (unpaired) electrons. The summed E-state index contributed by atoms with van der Waals surface area (Å²) in [5, 5.41) is 3.74. The summed E-state index contributed by atoms with van der Waals surface area (Å²) in [6.07, 6.45) is 3.42. The van der Waals surface area contributed by atoms with Gasteiger partial charge in [0.1, 0.15) is 17.3 Å². The molecule has 1 aromatic heterocycles. The number of hydrogen-bond donors (Lipinski definition) is 1. The van der Waals surface area contributed by atoms with Gasteiger partial charge in [0.25, 0.3) is 5.91 Å². The first-order valence-corrected chi connectivity index (χ1v) is 13.2. The SMILES string of the molecule is COc1ccc2c(C3CCOCC3)c(C(=O)N[C@H]3CCOc4ccccc43)cnc2c1-c1cc(F)cc(F)c1F. The Labute approximate surface area is 229 Å². The fourth-order valence-electron chi connectivity index (χ4n) is 5.77. The van der Waals surface area contributed by atoms with Crippen LogP contribution in [0.2, 0.25) is 0 Å². The van der Waals surface area contributed by atoms with Gasteiger partial charge in [-0.05, 0) is 48.6 Å². The zero-order valence-corrected chi connectivity index (χ0v) is 21.8. The van der Waals surface area contributed by atoms with E-state index in [9.17, 15) is 13.6 Å². The molecule has 1 N–H and O–H groups in total. The molecule has 4 aromatic rings. The molecule has 3 heterocycles. The molecule has 3 aromatic carbocycles. The second kappa shape index (κ2) is 10.8. The highest BCUT2D eigenvalue weighted by Gasteiger charge is 2.30. The fraction of sp³-hybridized carbons (Fsp3) is 0.290. The number of pyridine rings is 1. The zero-order valence-electron chi connectivity index (χ0n) is 21.8. The van der Waals surface area contributed by atoms with Crippen molar-refractivity contribution in [2.24, 2.45) is 0 Å². The highest BCUT2D eigenvalue weighted by Crippen LogP contribution is 2.43. The van der Waals surface area contributed by atoms with Crippen LogP contribution in [0.25, 0.3) is 22.0 Å². The number of fused-ring (bicyclic) bond motifs is 2. The zero-order chi connectivity index (χ0) is 27.8. The molecular formula is C31H27F3N2O4. The first-order valence-electron chi connectivity index (χ1n) is 13.2. The van der Waals surface area contributed by atoms with Gasteiger partial charge in [0.05, 0.1) is 36.4 Å². The van der Waals surface area contributed by atoms with Gasteiger partial charge in [0, 0.05) is 48.4 Å². The summed E-state index contributed by atoms with van der Waals surface area (Å²) in [4.78, 5) is 18.4. The van der Waals surface area contributed by atoms with Gasteiger partial charge in [-0.1, -0.05) is 18.2 Å². The van der Waals surface area contributed by atoms with Crippen LogP contribution in [-0.2, 0) is 4.74 Å². The summed E-state index contributed by atoms with van der Waals surface area (Å²) < 4.78 is 60.4. The van der Waals surface area contributed by atoms with E-state index in [-0.39, 0.29) is 40.3 Å². The molecule has 6 rings (SSSR count). The van der Waals surface area contributed by atoms with E-state index in [2.05, 4.69) is 10.3 Å². The van der Waals surface area contributed by atoms with E-state index in [1.54, 1.807) is 12.1 Å². The van der Waals surface area contributed by atoms with E-state index in [0.29, 0.717) is 56.1 Å². The van der Waals surface area contributed by atoms with Crippen LogP contribution < -0.4 is 14.8 Å². The van der Waals surface area contributed by atoms with Gasteiger partial charge in [-0.3, -0.25) is 9.78 Å². The quantitative estimate of drug-likeness (QED) is 0.289. The lowest BCUT2D eigenvalue weighted by Crippen LogP contribution is -2.33. The number of benzene rings is 3. The fourth-order valence-corrected chi connectivity index (χ4v) is 5.77. The predicted octanol–water partition coefficient (Wildman–Crippen LogP) is 6.48. The van der Waals surface area contributed by atoms with Gasteiger partial charge in [-0.25, -0.2) is 13.2 Å². The Kier molecular flexibility index (Phi) is 7.06. The van der Waals surface area contributed by atoms with Crippen molar-refractivity contribution in [3.8, 4) is 22.6 Å².